The van der Waals surface area contributed by atoms with Gasteiger partial charge in [0, 0.05) is 30.4 Å². The second kappa shape index (κ2) is 10.9. The van der Waals surface area contributed by atoms with Gasteiger partial charge in [0.2, 0.25) is 5.91 Å². The van der Waals surface area contributed by atoms with Crippen molar-refractivity contribution in [2.75, 3.05) is 16.0 Å². The number of nitrogens with zero attached hydrogens (tertiary/aromatic N) is 4. The minimum absolute atomic E-state index is 0.00888. The Morgan fingerprint density at radius 1 is 1.08 bits per heavy atom. The molecule has 0 aromatic carbocycles. The third-order valence-corrected chi connectivity index (χ3v) is 6.91. The van der Waals surface area contributed by atoms with E-state index in [4.69, 9.17) is 5.73 Å². The smallest absolute Gasteiger partial charge is 0.276 e. The number of anilines is 3. The van der Waals surface area contributed by atoms with Gasteiger partial charge >= 0.3 is 0 Å². The summed E-state index contributed by atoms with van der Waals surface area (Å²) in [5.41, 5.74) is 7.18. The fourth-order valence-corrected chi connectivity index (χ4v) is 4.52. The number of imidazole rings is 1. The number of amides is 2. The summed E-state index contributed by atoms with van der Waals surface area (Å²) in [5.74, 6) is -0.958. The van der Waals surface area contributed by atoms with Crippen LogP contribution in [0.15, 0.2) is 30.7 Å². The van der Waals surface area contributed by atoms with Gasteiger partial charge < -0.3 is 32.1 Å². The van der Waals surface area contributed by atoms with Gasteiger partial charge in [-0.2, -0.15) is 0 Å². The first-order valence-electron chi connectivity index (χ1n) is 12.8. The molecule has 2 aliphatic rings. The van der Waals surface area contributed by atoms with Crippen LogP contribution in [0.25, 0.3) is 5.65 Å². The molecule has 0 saturated heterocycles. The van der Waals surface area contributed by atoms with E-state index in [2.05, 4.69) is 36.3 Å². The minimum Gasteiger partial charge on any atom is -0.391 e. The van der Waals surface area contributed by atoms with Gasteiger partial charge in [0.15, 0.2) is 17.2 Å². The minimum atomic E-state index is -0.948. The second-order valence-electron chi connectivity index (χ2n) is 10.0. The fraction of sp³-hybridized carbons (Fsp3) is 0.480. The Kier molecular flexibility index (Phi) is 7.38. The van der Waals surface area contributed by atoms with Crippen LogP contribution in [-0.2, 0) is 4.79 Å². The number of hydrogen-bond acceptors (Lipinski definition) is 9. The molecule has 38 heavy (non-hydrogen) atoms. The summed E-state index contributed by atoms with van der Waals surface area (Å²) < 4.78 is 15.5. The number of nitrogens with two attached hydrogens (primary N) is 1. The van der Waals surface area contributed by atoms with Crippen molar-refractivity contribution in [1.82, 2.24) is 24.9 Å². The summed E-state index contributed by atoms with van der Waals surface area (Å²) in [7, 11) is 0. The highest BCUT2D eigenvalue weighted by molar-refractivity contribution is 6.03. The molecule has 2 atom stereocenters. The third-order valence-electron chi connectivity index (χ3n) is 6.91. The molecular weight excluding hydrogens is 493 g/mol. The fourth-order valence-electron chi connectivity index (χ4n) is 4.52. The zero-order chi connectivity index (χ0) is 26.8. The summed E-state index contributed by atoms with van der Waals surface area (Å²) in [4.78, 5) is 33.3. The van der Waals surface area contributed by atoms with Crippen molar-refractivity contribution < 1.29 is 19.1 Å². The average molecular weight is 526 g/mol. The van der Waals surface area contributed by atoms with Crippen LogP contribution < -0.4 is 27.0 Å². The van der Waals surface area contributed by atoms with Gasteiger partial charge in [-0.05, 0) is 51.5 Å². The van der Waals surface area contributed by atoms with Crippen LogP contribution in [0.3, 0.4) is 0 Å². The highest BCUT2D eigenvalue weighted by Gasteiger charge is 2.28. The second-order valence-corrected chi connectivity index (χ2v) is 10.0. The van der Waals surface area contributed by atoms with E-state index in [0.29, 0.717) is 17.5 Å². The Bertz CT molecular complexity index is 1320. The average Bonchev–Trinajstić information content (AvgIpc) is 3.61. The quantitative estimate of drug-likeness (QED) is 0.243. The van der Waals surface area contributed by atoms with Crippen LogP contribution in [0, 0.1) is 5.82 Å². The molecule has 0 radical (unpaired) electrons. The Hall–Kier alpha value is -3.84. The van der Waals surface area contributed by atoms with Gasteiger partial charge in [-0.3, -0.25) is 14.6 Å². The maximum Gasteiger partial charge on any atom is 0.276 e. The summed E-state index contributed by atoms with van der Waals surface area (Å²) in [5, 5.41) is 26.6. The molecule has 0 aliphatic heterocycles. The molecule has 3 aromatic heterocycles. The number of fused-ring (bicyclic) bond motifs is 1. The van der Waals surface area contributed by atoms with E-state index in [1.54, 1.807) is 0 Å². The van der Waals surface area contributed by atoms with Crippen molar-refractivity contribution >= 4 is 34.7 Å². The monoisotopic (exact) mass is 525 g/mol. The lowest BCUT2D eigenvalue weighted by molar-refractivity contribution is -0.125. The number of aliphatic hydroxyl groups excluding tert-OH is 1. The largest absolute Gasteiger partial charge is 0.391 e. The predicted molar refractivity (Wildman–Crippen MR) is 139 cm³/mol. The molecule has 3 heterocycles. The van der Waals surface area contributed by atoms with Crippen LogP contribution in [0.1, 0.15) is 55.9 Å². The van der Waals surface area contributed by atoms with Crippen molar-refractivity contribution in [1.29, 1.82) is 0 Å². The van der Waals surface area contributed by atoms with E-state index in [0.717, 1.165) is 50.4 Å². The maximum absolute atomic E-state index is 14.0. The molecule has 13 heteroatoms. The number of carbonyl (C=O) groups is 2. The van der Waals surface area contributed by atoms with Gasteiger partial charge in [0.1, 0.15) is 11.9 Å². The lowest BCUT2D eigenvalue weighted by Crippen LogP contribution is -2.51. The Morgan fingerprint density at radius 2 is 1.76 bits per heavy atom. The van der Waals surface area contributed by atoms with Crippen LogP contribution in [-0.4, -0.2) is 66.8 Å². The lowest BCUT2D eigenvalue weighted by Gasteiger charge is -2.31. The van der Waals surface area contributed by atoms with Crippen molar-refractivity contribution in [3.8, 4) is 0 Å². The first-order valence-corrected chi connectivity index (χ1v) is 12.8. The summed E-state index contributed by atoms with van der Waals surface area (Å²) in [6, 6.07) is 2.77. The van der Waals surface area contributed by atoms with E-state index in [1.807, 2.05) is 6.07 Å². The number of carbonyl (C=O) groups excluding carboxylic acids is 2. The molecule has 1 unspecified atom stereocenters. The zero-order valence-corrected chi connectivity index (χ0v) is 21.0. The molecule has 2 aliphatic carbocycles. The molecule has 0 bridgehead atoms. The number of hydrogen-bond donors (Lipinski definition) is 6. The predicted octanol–water partition coefficient (Wildman–Crippen LogP) is 1.64. The first kappa shape index (κ1) is 25.8. The molecular formula is C25H32FN9O3. The molecule has 202 valence electrons. The summed E-state index contributed by atoms with van der Waals surface area (Å²) >= 11 is 0. The number of pyridine rings is 1. The molecule has 2 fully saturated rings. The molecule has 7 N–H and O–H groups in total. The van der Waals surface area contributed by atoms with E-state index < -0.39 is 23.9 Å². The highest BCUT2D eigenvalue weighted by Crippen LogP contribution is 2.30. The maximum atomic E-state index is 14.0. The number of aliphatic hydroxyl groups is 1. The number of halogens is 1. The third kappa shape index (κ3) is 5.83. The Balaban J connectivity index is 1.30. The van der Waals surface area contributed by atoms with Gasteiger partial charge in [-0.15, -0.1) is 5.10 Å². The highest BCUT2D eigenvalue weighted by atomic mass is 19.1. The van der Waals surface area contributed by atoms with E-state index in [-0.39, 0.29) is 29.4 Å². The molecule has 5 rings (SSSR count). The summed E-state index contributed by atoms with van der Waals surface area (Å²) in [6.07, 6.45) is 8.13. The van der Waals surface area contributed by atoms with E-state index in [9.17, 15) is 19.1 Å². The van der Waals surface area contributed by atoms with Gasteiger partial charge in [-0.25, -0.2) is 13.9 Å². The first-order chi connectivity index (χ1) is 18.3. The Morgan fingerprint density at radius 3 is 2.45 bits per heavy atom. The number of aromatic nitrogens is 4. The lowest BCUT2D eigenvalue weighted by atomic mass is 9.91. The molecule has 2 saturated carbocycles. The standard InChI is InChI=1S/C25H32FN9O3/c1-13(36)22(27)25(38)32-16-6-4-15(5-7-16)31-21-10-19(30-14-2-3-14)23-29-12-20(35(23)34-21)24(37)33-18-8-9-28-11-17(18)26/h8-16,22,30,36H,2-7,27H2,1H3,(H,31,34)(H,32,38)(H,28,33,37)/t13?,15-,16-,22-/m0/s1. The van der Waals surface area contributed by atoms with E-state index in [1.165, 1.54) is 29.9 Å². The van der Waals surface area contributed by atoms with Gasteiger partial charge in [0.05, 0.1) is 29.9 Å². The van der Waals surface area contributed by atoms with Crippen LogP contribution in [0.5, 0.6) is 0 Å². The van der Waals surface area contributed by atoms with Crippen LogP contribution in [0.4, 0.5) is 21.6 Å². The SMILES string of the molecule is CC(O)[C@H](N)C(=O)N[C@H]1CC[C@H](Nc2cc(NC3CC3)c3ncc(C(=O)Nc4ccncc4F)n3n2)CC1. The van der Waals surface area contributed by atoms with Gasteiger partial charge in [-0.1, -0.05) is 0 Å². The van der Waals surface area contributed by atoms with Crippen molar-refractivity contribution in [3.05, 3.63) is 42.2 Å². The van der Waals surface area contributed by atoms with E-state index >= 15 is 0 Å². The zero-order valence-electron chi connectivity index (χ0n) is 21.0. The van der Waals surface area contributed by atoms with Crippen molar-refractivity contribution in [3.63, 3.8) is 0 Å². The summed E-state index contributed by atoms with van der Waals surface area (Å²) in [6.45, 7) is 1.49. The topological polar surface area (TPSA) is 172 Å². The van der Waals surface area contributed by atoms with Crippen molar-refractivity contribution in [2.45, 2.75) is 75.7 Å². The van der Waals surface area contributed by atoms with Crippen LogP contribution in [0.2, 0.25) is 0 Å². The molecule has 2 amide bonds. The molecule has 12 nitrogen and oxygen atoms in total. The normalized spacial score (nSPS) is 20.9. The molecule has 3 aromatic rings. The van der Waals surface area contributed by atoms with Crippen LogP contribution >= 0.6 is 0 Å². The molecule has 0 spiro atoms. The number of nitrogens with one attached hydrogen (secondary N) is 4. The number of rotatable bonds is 9. The van der Waals surface area contributed by atoms with Gasteiger partial charge in [0.25, 0.3) is 5.91 Å². The van der Waals surface area contributed by atoms with Crippen molar-refractivity contribution in [2.24, 2.45) is 5.73 Å². The Labute approximate surface area is 218 Å².